The topological polar surface area (TPSA) is 124 Å². The molecule has 0 saturated heterocycles. The molecule has 0 unspecified atom stereocenters. The molecule has 0 fully saturated rings. The maximum Gasteiger partial charge on any atom is 0.338 e. The van der Waals surface area contributed by atoms with Gasteiger partial charge in [-0.2, -0.15) is 0 Å². The lowest BCUT2D eigenvalue weighted by Crippen LogP contribution is -2.29. The van der Waals surface area contributed by atoms with Crippen LogP contribution >= 0.6 is 0 Å². The summed E-state index contributed by atoms with van der Waals surface area (Å²) < 4.78 is 18.2. The van der Waals surface area contributed by atoms with Crippen molar-refractivity contribution >= 4 is 34.9 Å². The molecule has 3 aromatic rings. The predicted octanol–water partition coefficient (Wildman–Crippen LogP) is 3.57. The van der Waals surface area contributed by atoms with E-state index in [0.29, 0.717) is 0 Å². The van der Waals surface area contributed by atoms with E-state index in [1.165, 1.54) is 48.5 Å². The highest BCUT2D eigenvalue weighted by atomic mass is 19.1. The Hall–Kier alpha value is -4.73. The number of anilines is 1. The number of nitrogens with zero attached hydrogens (tertiary/aromatic N) is 2. The molecule has 10 heteroatoms. The van der Waals surface area contributed by atoms with Crippen LogP contribution in [-0.4, -0.2) is 35.1 Å². The largest absolute Gasteiger partial charge is 0.454 e. The number of amides is 2. The number of non-ortho nitro benzene ring substituents is 1. The molecule has 0 aromatic heterocycles. The van der Waals surface area contributed by atoms with Crippen molar-refractivity contribution < 1.29 is 33.2 Å². The summed E-state index contributed by atoms with van der Waals surface area (Å²) in [5.74, 6) is -3.41. The first-order valence-electron chi connectivity index (χ1n) is 9.49. The summed E-state index contributed by atoms with van der Waals surface area (Å²) in [4.78, 5) is 61.1. The van der Waals surface area contributed by atoms with Crippen molar-refractivity contribution in [3.05, 3.63) is 105 Å². The number of fused-ring (bicyclic) bond motifs is 1. The van der Waals surface area contributed by atoms with Gasteiger partial charge >= 0.3 is 5.97 Å². The summed E-state index contributed by atoms with van der Waals surface area (Å²) in [6.07, 6.45) is 0. The van der Waals surface area contributed by atoms with Gasteiger partial charge in [0.1, 0.15) is 5.82 Å². The monoisotopic (exact) mass is 448 g/mol. The lowest BCUT2D eigenvalue weighted by Gasteiger charge is -2.13. The zero-order chi connectivity index (χ0) is 23.7. The van der Waals surface area contributed by atoms with E-state index in [-0.39, 0.29) is 33.6 Å². The first-order valence-corrected chi connectivity index (χ1v) is 9.49. The third-order valence-corrected chi connectivity index (χ3v) is 4.92. The Kier molecular flexibility index (Phi) is 5.49. The first-order chi connectivity index (χ1) is 15.8. The van der Waals surface area contributed by atoms with Crippen LogP contribution in [0.4, 0.5) is 15.8 Å². The number of hydrogen-bond donors (Lipinski definition) is 0. The number of Topliss-reactive ketones (excluding diaryl/α,β-unsaturated/α-hetero) is 1. The van der Waals surface area contributed by atoms with Gasteiger partial charge in [-0.3, -0.25) is 24.5 Å². The molecule has 0 N–H and O–H groups in total. The molecule has 0 atom stereocenters. The average molecular weight is 448 g/mol. The van der Waals surface area contributed by atoms with Gasteiger partial charge in [-0.25, -0.2) is 14.1 Å². The zero-order valence-corrected chi connectivity index (χ0v) is 16.7. The first kappa shape index (κ1) is 21.5. The van der Waals surface area contributed by atoms with E-state index in [9.17, 15) is 33.7 Å². The smallest absolute Gasteiger partial charge is 0.338 e. The van der Waals surface area contributed by atoms with Crippen molar-refractivity contribution in [2.24, 2.45) is 0 Å². The molecule has 164 valence electrons. The van der Waals surface area contributed by atoms with Gasteiger partial charge in [0.05, 0.1) is 27.3 Å². The molecule has 1 aliphatic rings. The Morgan fingerprint density at radius 3 is 2.30 bits per heavy atom. The molecule has 9 nitrogen and oxygen atoms in total. The van der Waals surface area contributed by atoms with Crippen molar-refractivity contribution in [2.75, 3.05) is 11.5 Å². The van der Waals surface area contributed by atoms with Gasteiger partial charge in [0.15, 0.2) is 6.61 Å². The number of carbonyl (C=O) groups is 4. The minimum atomic E-state index is -0.919. The van der Waals surface area contributed by atoms with Gasteiger partial charge in [0, 0.05) is 17.7 Å². The van der Waals surface area contributed by atoms with Crippen LogP contribution in [0.2, 0.25) is 0 Å². The molecule has 3 aromatic carbocycles. The molecule has 0 radical (unpaired) electrons. The molecule has 2 amide bonds. The number of esters is 1. The molecule has 1 heterocycles. The highest BCUT2D eigenvalue weighted by molar-refractivity contribution is 6.34. The van der Waals surface area contributed by atoms with E-state index in [4.69, 9.17) is 4.74 Å². The zero-order valence-electron chi connectivity index (χ0n) is 16.7. The number of carbonyl (C=O) groups excluding carboxylic acids is 4. The molecule has 0 bridgehead atoms. The van der Waals surface area contributed by atoms with Crippen molar-refractivity contribution in [2.45, 2.75) is 0 Å². The number of imide groups is 1. The summed E-state index contributed by atoms with van der Waals surface area (Å²) in [6, 6.07) is 13.5. The van der Waals surface area contributed by atoms with Gasteiger partial charge in [0.25, 0.3) is 17.5 Å². The van der Waals surface area contributed by atoms with Crippen LogP contribution in [0.5, 0.6) is 0 Å². The van der Waals surface area contributed by atoms with Crippen molar-refractivity contribution in [3.8, 4) is 0 Å². The van der Waals surface area contributed by atoms with E-state index in [2.05, 4.69) is 0 Å². The third kappa shape index (κ3) is 4.09. The van der Waals surface area contributed by atoms with E-state index in [1.54, 1.807) is 0 Å². The molecular weight excluding hydrogens is 435 g/mol. The lowest BCUT2D eigenvalue weighted by atomic mass is 10.1. The third-order valence-electron chi connectivity index (χ3n) is 4.92. The number of nitro groups is 1. The van der Waals surface area contributed by atoms with Crippen LogP contribution in [0.3, 0.4) is 0 Å². The van der Waals surface area contributed by atoms with Crippen LogP contribution in [0.25, 0.3) is 0 Å². The molecule has 0 saturated carbocycles. The summed E-state index contributed by atoms with van der Waals surface area (Å²) in [5.41, 5.74) is -0.143. The second-order valence-corrected chi connectivity index (χ2v) is 6.99. The molecular formula is C23H13FN2O7. The van der Waals surface area contributed by atoms with E-state index >= 15 is 0 Å². The normalized spacial score (nSPS) is 12.5. The van der Waals surface area contributed by atoms with Crippen LogP contribution in [0.1, 0.15) is 41.4 Å². The Labute approximate surface area is 185 Å². The van der Waals surface area contributed by atoms with Crippen LogP contribution < -0.4 is 4.90 Å². The van der Waals surface area contributed by atoms with Gasteiger partial charge in [-0.15, -0.1) is 0 Å². The Bertz CT molecular complexity index is 1330. The fraction of sp³-hybridized carbons (Fsp3) is 0.0435. The van der Waals surface area contributed by atoms with Crippen molar-refractivity contribution in [1.82, 2.24) is 0 Å². The van der Waals surface area contributed by atoms with E-state index in [0.717, 1.165) is 23.1 Å². The van der Waals surface area contributed by atoms with E-state index < -0.39 is 40.9 Å². The fourth-order valence-electron chi connectivity index (χ4n) is 3.28. The highest BCUT2D eigenvalue weighted by Gasteiger charge is 2.37. The summed E-state index contributed by atoms with van der Waals surface area (Å²) in [5, 5.41) is 10.8. The summed E-state index contributed by atoms with van der Waals surface area (Å²) in [7, 11) is 0. The Morgan fingerprint density at radius 1 is 0.909 bits per heavy atom. The molecule has 0 spiro atoms. The fourth-order valence-corrected chi connectivity index (χ4v) is 3.28. The number of hydrogen-bond acceptors (Lipinski definition) is 7. The molecule has 4 rings (SSSR count). The molecule has 0 aliphatic carbocycles. The molecule has 33 heavy (non-hydrogen) atoms. The number of benzene rings is 3. The van der Waals surface area contributed by atoms with Crippen LogP contribution in [0, 0.1) is 15.9 Å². The SMILES string of the molecule is O=C(COC(=O)c1ccc2c(c1)C(=O)N(c1ccc(F)cc1)C2=O)c1cccc([N+](=O)[O-])c1. The minimum absolute atomic E-state index is 0.00154. The predicted molar refractivity (Wildman–Crippen MR) is 112 cm³/mol. The van der Waals surface area contributed by atoms with Crippen molar-refractivity contribution in [3.63, 3.8) is 0 Å². The maximum atomic E-state index is 13.2. The average Bonchev–Trinajstić information content (AvgIpc) is 3.07. The number of ketones is 1. The second kappa shape index (κ2) is 8.42. The van der Waals surface area contributed by atoms with Gasteiger partial charge in [-0.1, -0.05) is 12.1 Å². The maximum absolute atomic E-state index is 13.2. The van der Waals surface area contributed by atoms with E-state index in [1.807, 2.05) is 0 Å². The number of halogens is 1. The van der Waals surface area contributed by atoms with Crippen LogP contribution in [0.15, 0.2) is 66.7 Å². The summed E-state index contributed by atoms with van der Waals surface area (Å²) in [6.45, 7) is -0.675. The van der Waals surface area contributed by atoms with Gasteiger partial charge in [0.2, 0.25) is 5.78 Å². The quantitative estimate of drug-likeness (QED) is 0.186. The Morgan fingerprint density at radius 2 is 1.61 bits per heavy atom. The molecule has 1 aliphatic heterocycles. The van der Waals surface area contributed by atoms with Gasteiger partial charge in [-0.05, 0) is 42.5 Å². The number of nitro benzene ring substituents is 1. The highest BCUT2D eigenvalue weighted by Crippen LogP contribution is 2.29. The lowest BCUT2D eigenvalue weighted by molar-refractivity contribution is -0.384. The minimum Gasteiger partial charge on any atom is -0.454 e. The summed E-state index contributed by atoms with van der Waals surface area (Å²) >= 11 is 0. The number of rotatable bonds is 6. The van der Waals surface area contributed by atoms with Crippen molar-refractivity contribution in [1.29, 1.82) is 0 Å². The number of ether oxygens (including phenoxy) is 1. The standard InChI is InChI=1S/C23H13FN2O7/c24-15-5-7-16(8-6-15)25-21(28)18-9-4-14(11-19(18)22(25)29)23(30)33-12-20(27)13-2-1-3-17(10-13)26(31)32/h1-11H,12H2. The second-order valence-electron chi connectivity index (χ2n) is 6.99. The van der Waals surface area contributed by atoms with Gasteiger partial charge < -0.3 is 4.74 Å². The van der Waals surface area contributed by atoms with Crippen LogP contribution in [-0.2, 0) is 4.74 Å². The Balaban J connectivity index is 1.49.